The summed E-state index contributed by atoms with van der Waals surface area (Å²) in [7, 11) is 0. The normalized spacial score (nSPS) is 12.1. The van der Waals surface area contributed by atoms with Crippen LogP contribution in [0.5, 0.6) is 0 Å². The summed E-state index contributed by atoms with van der Waals surface area (Å²) in [6.07, 6.45) is 2.58. The van der Waals surface area contributed by atoms with Gasteiger partial charge in [-0.15, -0.1) is 0 Å². The summed E-state index contributed by atoms with van der Waals surface area (Å²) in [5.41, 5.74) is 5.27. The van der Waals surface area contributed by atoms with Gasteiger partial charge in [-0.25, -0.2) is 0 Å². The number of rotatable bonds is 5. The van der Waals surface area contributed by atoms with Crippen LogP contribution < -0.4 is 10.7 Å². The molecule has 5 nitrogen and oxygen atoms in total. The van der Waals surface area contributed by atoms with Crippen LogP contribution in [0.1, 0.15) is 34.5 Å². The number of pyridine rings is 1. The maximum Gasteiger partial charge on any atom is 0.193 e. The summed E-state index contributed by atoms with van der Waals surface area (Å²) in [5, 5.41) is 4.91. The monoisotopic (exact) mass is 434 g/mol. The molecule has 2 heterocycles. The number of carbonyl (C=O) groups excluding carboxylic acids is 1. The number of fused-ring (bicyclic) bond motifs is 2. The first-order chi connectivity index (χ1) is 16.0. The molecule has 0 bridgehead atoms. The molecule has 0 fully saturated rings. The third kappa shape index (κ3) is 3.89. The zero-order valence-electron chi connectivity index (χ0n) is 18.3. The van der Waals surface area contributed by atoms with E-state index in [1.165, 1.54) is 0 Å². The summed E-state index contributed by atoms with van der Waals surface area (Å²) in [6.45, 7) is 3.95. The molecule has 0 aliphatic carbocycles. The third-order valence-electron chi connectivity index (χ3n) is 5.82. The van der Waals surface area contributed by atoms with Crippen molar-refractivity contribution in [1.29, 1.82) is 0 Å². The Morgan fingerprint density at radius 1 is 1.00 bits per heavy atom. The molecule has 0 aliphatic heterocycles. The molecule has 1 atom stereocenters. The van der Waals surface area contributed by atoms with Gasteiger partial charge in [0, 0.05) is 40.0 Å². The van der Waals surface area contributed by atoms with Crippen LogP contribution in [0.25, 0.3) is 33.2 Å². The van der Waals surface area contributed by atoms with E-state index < -0.39 is 0 Å². The standard InChI is InChI=1S/C28H22N2O3/c1-17-12-22(18(2)30-25-8-4-3-6-21(25)16-31)28-23(13-17)26(32)15-27(33-28)20-9-10-24-19(14-20)7-5-11-29-24/h3-16,18,30H,1-2H3. The Kier molecular flexibility index (Phi) is 5.23. The molecule has 5 rings (SSSR count). The molecule has 0 saturated heterocycles. The predicted molar refractivity (Wildman–Crippen MR) is 132 cm³/mol. The number of aromatic nitrogens is 1. The number of nitrogens with zero attached hydrogens (tertiary/aromatic N) is 1. The molecule has 0 aliphatic rings. The second-order valence-corrected chi connectivity index (χ2v) is 8.19. The van der Waals surface area contributed by atoms with Crippen molar-refractivity contribution in [2.24, 2.45) is 0 Å². The van der Waals surface area contributed by atoms with E-state index in [1.807, 2.05) is 74.5 Å². The van der Waals surface area contributed by atoms with Crippen molar-refractivity contribution in [2.75, 3.05) is 5.32 Å². The lowest BCUT2D eigenvalue weighted by atomic mass is 10.00. The van der Waals surface area contributed by atoms with Crippen molar-refractivity contribution in [1.82, 2.24) is 4.98 Å². The van der Waals surface area contributed by atoms with Crippen LogP contribution in [0, 0.1) is 6.92 Å². The number of aryl methyl sites for hydroxylation is 1. The van der Waals surface area contributed by atoms with E-state index in [1.54, 1.807) is 18.3 Å². The molecule has 5 heteroatoms. The highest BCUT2D eigenvalue weighted by atomic mass is 16.3. The largest absolute Gasteiger partial charge is 0.455 e. The van der Waals surface area contributed by atoms with Gasteiger partial charge in [-0.1, -0.05) is 24.3 Å². The molecule has 0 radical (unpaired) electrons. The Morgan fingerprint density at radius 3 is 2.70 bits per heavy atom. The van der Waals surface area contributed by atoms with E-state index in [-0.39, 0.29) is 11.5 Å². The van der Waals surface area contributed by atoms with Gasteiger partial charge in [0.05, 0.1) is 16.9 Å². The molecular weight excluding hydrogens is 412 g/mol. The fourth-order valence-corrected chi connectivity index (χ4v) is 4.17. The summed E-state index contributed by atoms with van der Waals surface area (Å²) in [6, 6.07) is 22.2. The lowest BCUT2D eigenvalue weighted by Crippen LogP contribution is -2.11. The summed E-state index contributed by atoms with van der Waals surface area (Å²) >= 11 is 0. The predicted octanol–water partition coefficient (Wildman–Crippen LogP) is 6.30. The smallest absolute Gasteiger partial charge is 0.193 e. The highest BCUT2D eigenvalue weighted by molar-refractivity contribution is 5.87. The van der Waals surface area contributed by atoms with Crippen molar-refractivity contribution >= 4 is 33.8 Å². The van der Waals surface area contributed by atoms with Gasteiger partial charge in [0.15, 0.2) is 11.7 Å². The van der Waals surface area contributed by atoms with Crippen molar-refractivity contribution < 1.29 is 9.21 Å². The Labute approximate surface area is 190 Å². The third-order valence-corrected chi connectivity index (χ3v) is 5.82. The van der Waals surface area contributed by atoms with E-state index in [9.17, 15) is 9.59 Å². The van der Waals surface area contributed by atoms with Gasteiger partial charge >= 0.3 is 0 Å². The number of aldehydes is 1. The van der Waals surface area contributed by atoms with Gasteiger partial charge in [0.2, 0.25) is 0 Å². The number of para-hydroxylation sites is 1. The molecule has 162 valence electrons. The fraction of sp³-hybridized carbons (Fsp3) is 0.107. The van der Waals surface area contributed by atoms with E-state index in [0.717, 1.165) is 39.6 Å². The molecule has 2 aromatic heterocycles. The van der Waals surface area contributed by atoms with Gasteiger partial charge in [0.1, 0.15) is 11.3 Å². The van der Waals surface area contributed by atoms with Crippen LogP contribution >= 0.6 is 0 Å². The minimum Gasteiger partial charge on any atom is -0.455 e. The molecule has 33 heavy (non-hydrogen) atoms. The number of benzene rings is 3. The van der Waals surface area contributed by atoms with Gasteiger partial charge in [0.25, 0.3) is 0 Å². The first-order valence-corrected chi connectivity index (χ1v) is 10.8. The lowest BCUT2D eigenvalue weighted by molar-refractivity contribution is 0.112. The van der Waals surface area contributed by atoms with Crippen LogP contribution in [0.3, 0.4) is 0 Å². The van der Waals surface area contributed by atoms with Gasteiger partial charge in [-0.2, -0.15) is 0 Å². The first kappa shape index (κ1) is 20.6. The summed E-state index contributed by atoms with van der Waals surface area (Å²) < 4.78 is 6.35. The van der Waals surface area contributed by atoms with Gasteiger partial charge < -0.3 is 9.73 Å². The number of carbonyl (C=O) groups is 1. The zero-order chi connectivity index (χ0) is 22.9. The minimum atomic E-state index is -0.201. The van der Waals surface area contributed by atoms with Crippen molar-refractivity contribution in [2.45, 2.75) is 19.9 Å². The van der Waals surface area contributed by atoms with E-state index in [2.05, 4.69) is 10.3 Å². The molecule has 3 aromatic carbocycles. The molecule has 0 spiro atoms. The number of anilines is 1. The number of hydrogen-bond donors (Lipinski definition) is 1. The summed E-state index contributed by atoms with van der Waals surface area (Å²) in [4.78, 5) is 28.9. The molecule has 1 unspecified atom stereocenters. The maximum absolute atomic E-state index is 13.1. The van der Waals surface area contributed by atoms with Gasteiger partial charge in [-0.05, 0) is 61.9 Å². The fourth-order valence-electron chi connectivity index (χ4n) is 4.17. The number of nitrogens with one attached hydrogen (secondary N) is 1. The van der Waals surface area contributed by atoms with Crippen LogP contribution in [0.4, 0.5) is 5.69 Å². The average Bonchev–Trinajstić information content (AvgIpc) is 2.84. The Bertz CT molecular complexity index is 1570. The molecule has 5 aromatic rings. The molecular formula is C28H22N2O3. The van der Waals surface area contributed by atoms with Crippen LogP contribution in [-0.2, 0) is 0 Å². The Hall–Kier alpha value is -4.25. The van der Waals surface area contributed by atoms with E-state index >= 15 is 0 Å². The second kappa shape index (κ2) is 8.36. The van der Waals surface area contributed by atoms with Crippen LogP contribution in [-0.4, -0.2) is 11.3 Å². The lowest BCUT2D eigenvalue weighted by Gasteiger charge is -2.19. The zero-order valence-corrected chi connectivity index (χ0v) is 18.3. The van der Waals surface area contributed by atoms with Crippen LogP contribution in [0.15, 0.2) is 88.2 Å². The van der Waals surface area contributed by atoms with E-state index in [4.69, 9.17) is 4.42 Å². The van der Waals surface area contributed by atoms with Crippen molar-refractivity contribution in [3.8, 4) is 11.3 Å². The maximum atomic E-state index is 13.1. The molecule has 0 amide bonds. The van der Waals surface area contributed by atoms with E-state index in [0.29, 0.717) is 22.3 Å². The highest BCUT2D eigenvalue weighted by Gasteiger charge is 2.17. The Balaban J connectivity index is 1.65. The Morgan fingerprint density at radius 2 is 1.85 bits per heavy atom. The van der Waals surface area contributed by atoms with Crippen molar-refractivity contribution in [3.63, 3.8) is 0 Å². The topological polar surface area (TPSA) is 72.2 Å². The minimum absolute atomic E-state index is 0.0945. The highest BCUT2D eigenvalue weighted by Crippen LogP contribution is 2.31. The van der Waals surface area contributed by atoms with Crippen LogP contribution in [0.2, 0.25) is 0 Å². The quantitative estimate of drug-likeness (QED) is 0.329. The SMILES string of the molecule is Cc1cc(C(C)Nc2ccccc2C=O)c2oc(-c3ccc4ncccc4c3)cc(=O)c2c1. The average molecular weight is 434 g/mol. The molecule has 0 saturated carbocycles. The molecule has 1 N–H and O–H groups in total. The summed E-state index contributed by atoms with van der Waals surface area (Å²) in [5.74, 6) is 0.504. The van der Waals surface area contributed by atoms with Gasteiger partial charge in [-0.3, -0.25) is 14.6 Å². The number of hydrogen-bond acceptors (Lipinski definition) is 5. The van der Waals surface area contributed by atoms with Crippen molar-refractivity contribution in [3.05, 3.63) is 106 Å². The second-order valence-electron chi connectivity index (χ2n) is 8.19. The first-order valence-electron chi connectivity index (χ1n) is 10.8.